The Morgan fingerprint density at radius 3 is 1.76 bits per heavy atom. The summed E-state index contributed by atoms with van der Waals surface area (Å²) >= 11 is 0. The number of para-hydroxylation sites is 2. The zero-order valence-corrected chi connectivity index (χ0v) is 24.8. The molecule has 3 aromatic heterocycles. The first-order valence-electron chi connectivity index (χ1n) is 15.0. The smallest absolute Gasteiger partial charge is 0.238 e. The topological polar surface area (TPSA) is 48.5 Å². The van der Waals surface area contributed by atoms with E-state index in [1.54, 1.807) is 0 Å². The van der Waals surface area contributed by atoms with Crippen LogP contribution in [0.5, 0.6) is 0 Å². The number of fused-ring (bicyclic) bond motifs is 5. The Kier molecular flexibility index (Phi) is 6.42. The van der Waals surface area contributed by atoms with Gasteiger partial charge < -0.3 is 4.57 Å². The molecule has 0 amide bonds. The molecule has 214 valence electrons. The first-order chi connectivity index (χ1) is 22.2. The van der Waals surface area contributed by atoms with Crippen LogP contribution in [-0.2, 0) is 0 Å². The molecule has 8 aromatic rings. The highest BCUT2D eigenvalue weighted by atomic mass is 15.2. The molecule has 0 unspecified atom stereocenters. The van der Waals surface area contributed by atoms with Gasteiger partial charge in [-0.1, -0.05) is 134 Å². The third-order valence-corrected chi connectivity index (χ3v) is 8.35. The quantitative estimate of drug-likeness (QED) is 0.184. The van der Waals surface area contributed by atoms with Crippen LogP contribution in [0.15, 0.2) is 146 Å². The van der Waals surface area contributed by atoms with Crippen LogP contribution in [-0.4, -0.2) is 24.1 Å². The minimum absolute atomic E-state index is 0.572. The standard InChI is InChI=1S/C40H29N5/c1-3-4-22-31-27(2)44(30-20-12-7-13-21-30)36-33(31)25-26-34-32-23-14-15-24-35(32)45(37(34)36)40-42-38(28-16-8-5-9-17-28)41-39(43-40)29-18-10-6-11-19-29/h3-26H,1H2,2H3/b22-4-. The molecule has 45 heavy (non-hydrogen) atoms. The molecule has 0 aliphatic carbocycles. The summed E-state index contributed by atoms with van der Waals surface area (Å²) in [4.78, 5) is 15.3. The van der Waals surface area contributed by atoms with Gasteiger partial charge in [0.25, 0.3) is 0 Å². The predicted molar refractivity (Wildman–Crippen MR) is 186 cm³/mol. The van der Waals surface area contributed by atoms with E-state index in [0.29, 0.717) is 17.6 Å². The largest absolute Gasteiger partial charge is 0.311 e. The Morgan fingerprint density at radius 2 is 1.11 bits per heavy atom. The number of rotatable bonds is 6. The molecule has 0 aliphatic heterocycles. The van der Waals surface area contributed by atoms with E-state index in [2.05, 4.69) is 95.4 Å². The van der Waals surface area contributed by atoms with Gasteiger partial charge in [0.1, 0.15) is 0 Å². The maximum Gasteiger partial charge on any atom is 0.238 e. The minimum atomic E-state index is 0.572. The van der Waals surface area contributed by atoms with Crippen molar-refractivity contribution >= 4 is 38.8 Å². The fourth-order valence-electron chi connectivity index (χ4n) is 6.35. The molecule has 5 heteroatoms. The Morgan fingerprint density at radius 1 is 0.556 bits per heavy atom. The van der Waals surface area contributed by atoms with Crippen molar-refractivity contribution in [2.45, 2.75) is 6.92 Å². The Labute approximate surface area is 261 Å². The normalized spacial score (nSPS) is 11.7. The number of hydrogen-bond donors (Lipinski definition) is 0. The van der Waals surface area contributed by atoms with Gasteiger partial charge in [0.2, 0.25) is 5.95 Å². The fourth-order valence-corrected chi connectivity index (χ4v) is 6.35. The number of aromatic nitrogens is 5. The van der Waals surface area contributed by atoms with Crippen LogP contribution in [0.4, 0.5) is 0 Å². The highest BCUT2D eigenvalue weighted by molar-refractivity contribution is 6.19. The number of hydrogen-bond acceptors (Lipinski definition) is 3. The lowest BCUT2D eigenvalue weighted by atomic mass is 10.1. The molecule has 0 spiro atoms. The molecule has 8 rings (SSSR count). The van der Waals surface area contributed by atoms with Gasteiger partial charge in [0.05, 0.1) is 16.6 Å². The van der Waals surface area contributed by atoms with Crippen LogP contribution in [0.25, 0.3) is 73.2 Å². The molecule has 0 saturated heterocycles. The van der Waals surface area contributed by atoms with Gasteiger partial charge in [0, 0.05) is 44.2 Å². The maximum atomic E-state index is 5.16. The second-order valence-corrected chi connectivity index (χ2v) is 11.0. The van der Waals surface area contributed by atoms with Crippen molar-refractivity contribution in [2.24, 2.45) is 0 Å². The van der Waals surface area contributed by atoms with E-state index in [0.717, 1.165) is 60.8 Å². The molecule has 0 saturated carbocycles. The highest BCUT2D eigenvalue weighted by Crippen LogP contribution is 2.40. The first-order valence-corrected chi connectivity index (χ1v) is 15.0. The zero-order valence-electron chi connectivity index (χ0n) is 24.8. The molecule has 5 aromatic carbocycles. The summed E-state index contributed by atoms with van der Waals surface area (Å²) in [6.07, 6.45) is 5.97. The average Bonchev–Trinajstić information content (AvgIpc) is 3.59. The van der Waals surface area contributed by atoms with Crippen LogP contribution >= 0.6 is 0 Å². The third-order valence-electron chi connectivity index (χ3n) is 8.35. The monoisotopic (exact) mass is 579 g/mol. The van der Waals surface area contributed by atoms with Gasteiger partial charge in [-0.3, -0.25) is 4.57 Å². The van der Waals surface area contributed by atoms with Crippen molar-refractivity contribution < 1.29 is 0 Å². The molecule has 0 aliphatic rings. The second kappa shape index (κ2) is 10.9. The molecule has 0 atom stereocenters. The molecule has 3 heterocycles. The SMILES string of the molecule is C=C/C=C\c1c(C)n(-c2ccccc2)c2c1ccc1c3ccccc3n(-c3nc(-c4ccccc4)nc(-c4ccccc4)n3)c12. The third kappa shape index (κ3) is 4.36. The molecule has 0 radical (unpaired) electrons. The van der Waals surface area contributed by atoms with E-state index in [9.17, 15) is 0 Å². The first kappa shape index (κ1) is 26.5. The van der Waals surface area contributed by atoms with Gasteiger partial charge >= 0.3 is 0 Å². The van der Waals surface area contributed by atoms with Crippen molar-refractivity contribution in [3.63, 3.8) is 0 Å². The summed E-state index contributed by atoms with van der Waals surface area (Å²) in [7, 11) is 0. The van der Waals surface area contributed by atoms with E-state index >= 15 is 0 Å². The molecule has 0 fully saturated rings. The molecule has 5 nitrogen and oxygen atoms in total. The second-order valence-electron chi connectivity index (χ2n) is 11.0. The fraction of sp³-hybridized carbons (Fsp3) is 0.0250. The van der Waals surface area contributed by atoms with Crippen LogP contribution in [0.1, 0.15) is 11.3 Å². The van der Waals surface area contributed by atoms with E-state index in [4.69, 9.17) is 15.0 Å². The summed E-state index contributed by atoms with van der Waals surface area (Å²) in [5.41, 5.74) is 8.43. The Hall–Kier alpha value is -6.07. The van der Waals surface area contributed by atoms with Crippen LogP contribution in [0.2, 0.25) is 0 Å². The Balaban J connectivity index is 1.55. The maximum absolute atomic E-state index is 5.16. The van der Waals surface area contributed by atoms with Crippen LogP contribution < -0.4 is 0 Å². The van der Waals surface area contributed by atoms with Gasteiger partial charge in [-0.05, 0) is 25.1 Å². The number of benzene rings is 5. The summed E-state index contributed by atoms with van der Waals surface area (Å²) < 4.78 is 4.57. The minimum Gasteiger partial charge on any atom is -0.311 e. The van der Waals surface area contributed by atoms with Crippen molar-refractivity contribution in [3.05, 3.63) is 157 Å². The Bertz CT molecular complexity index is 2320. The predicted octanol–water partition coefficient (Wildman–Crippen LogP) is 9.75. The number of allylic oxidation sites excluding steroid dienone is 2. The van der Waals surface area contributed by atoms with Crippen molar-refractivity contribution in [1.29, 1.82) is 0 Å². The summed E-state index contributed by atoms with van der Waals surface area (Å²) in [6, 6.07) is 43.7. The molecular formula is C40H29N5. The highest BCUT2D eigenvalue weighted by Gasteiger charge is 2.23. The summed E-state index contributed by atoms with van der Waals surface area (Å²) in [5, 5.41) is 3.42. The van der Waals surface area contributed by atoms with E-state index in [1.807, 2.05) is 72.8 Å². The zero-order chi connectivity index (χ0) is 30.3. The van der Waals surface area contributed by atoms with Crippen molar-refractivity contribution in [2.75, 3.05) is 0 Å². The lowest BCUT2D eigenvalue weighted by Crippen LogP contribution is -2.07. The van der Waals surface area contributed by atoms with Crippen LogP contribution in [0.3, 0.4) is 0 Å². The summed E-state index contributed by atoms with van der Waals surface area (Å²) in [6.45, 7) is 6.11. The van der Waals surface area contributed by atoms with E-state index in [-0.39, 0.29) is 0 Å². The average molecular weight is 580 g/mol. The van der Waals surface area contributed by atoms with Crippen molar-refractivity contribution in [3.8, 4) is 34.4 Å². The van der Waals surface area contributed by atoms with Crippen LogP contribution in [0, 0.1) is 6.92 Å². The van der Waals surface area contributed by atoms with Gasteiger partial charge in [0.15, 0.2) is 11.6 Å². The van der Waals surface area contributed by atoms with E-state index in [1.165, 1.54) is 0 Å². The van der Waals surface area contributed by atoms with Crippen molar-refractivity contribution in [1.82, 2.24) is 24.1 Å². The lowest BCUT2D eigenvalue weighted by molar-refractivity contribution is 0.951. The molecule has 0 bridgehead atoms. The van der Waals surface area contributed by atoms with Gasteiger partial charge in [-0.25, -0.2) is 4.98 Å². The van der Waals surface area contributed by atoms with Gasteiger partial charge in [-0.2, -0.15) is 9.97 Å². The van der Waals surface area contributed by atoms with Gasteiger partial charge in [-0.15, -0.1) is 0 Å². The lowest BCUT2D eigenvalue weighted by Gasteiger charge is -2.13. The molecule has 0 N–H and O–H groups in total. The van der Waals surface area contributed by atoms with E-state index < -0.39 is 0 Å². The summed E-state index contributed by atoms with van der Waals surface area (Å²) in [5.74, 6) is 1.83. The number of nitrogens with zero attached hydrogens (tertiary/aromatic N) is 5. The molecular weight excluding hydrogens is 550 g/mol.